The molecule has 7 rings (SSSR count). The number of allylic oxidation sites excluding steroid dienone is 4. The van der Waals surface area contributed by atoms with E-state index in [-0.39, 0.29) is 32.3 Å². The van der Waals surface area contributed by atoms with Crippen LogP contribution in [0.15, 0.2) is 82.1 Å². The van der Waals surface area contributed by atoms with Gasteiger partial charge in [-0.1, -0.05) is 50.4 Å². The van der Waals surface area contributed by atoms with Crippen molar-refractivity contribution in [1.29, 1.82) is 0 Å². The smallest absolute Gasteiger partial charge is 0.193 e. The van der Waals surface area contributed by atoms with Crippen molar-refractivity contribution in [2.45, 2.75) is 106 Å². The van der Waals surface area contributed by atoms with Gasteiger partial charge in [-0.05, 0) is 94.0 Å². The van der Waals surface area contributed by atoms with E-state index in [1.165, 1.54) is 12.2 Å². The highest BCUT2D eigenvalue weighted by Crippen LogP contribution is 2.72. The lowest BCUT2D eigenvalue weighted by Crippen LogP contribution is -2.70. The molecule has 7 nitrogen and oxygen atoms in total. The summed E-state index contributed by atoms with van der Waals surface area (Å²) < 4.78 is 46.5. The summed E-state index contributed by atoms with van der Waals surface area (Å²) in [7, 11) is 0. The van der Waals surface area contributed by atoms with E-state index in [4.69, 9.17) is 9.47 Å². The first kappa shape index (κ1) is 35.0. The summed E-state index contributed by atoms with van der Waals surface area (Å²) in [4.78, 5) is 28.0. The number of alkyl halides is 2. The second kappa shape index (κ2) is 12.2. The Bertz CT molecular complexity index is 1660. The average molecular weight is 682 g/mol. The van der Waals surface area contributed by atoms with E-state index in [2.05, 4.69) is 25.2 Å². The zero-order valence-corrected chi connectivity index (χ0v) is 27.7. The number of anilines is 1. The monoisotopic (exact) mass is 681 g/mol. The van der Waals surface area contributed by atoms with Crippen LogP contribution < -0.4 is 5.32 Å². The van der Waals surface area contributed by atoms with Crippen molar-refractivity contribution >= 4 is 29.0 Å². The summed E-state index contributed by atoms with van der Waals surface area (Å²) in [6, 6.07) is 16.1. The van der Waals surface area contributed by atoms with Gasteiger partial charge in [0.15, 0.2) is 29.1 Å². The number of rotatable bonds is 7. The summed E-state index contributed by atoms with van der Waals surface area (Å²) in [5.41, 5.74) is -4.90. The highest BCUT2D eigenvalue weighted by atomic mass is 32.2. The fourth-order valence-corrected chi connectivity index (χ4v) is 10.4. The molecule has 4 aliphatic carbocycles. The minimum atomic E-state index is -2.29. The Morgan fingerprint density at radius 1 is 1.10 bits per heavy atom. The standard InChI is InChI=1S/C37H41F2NO6S.CH4/c1-20(2)40-22-6-5-7-25(14-22)47-24-10-8-21(9-11-24)33-45-32-17-26-27-16-29(38)28-15-23(42)12-13-34(28,3)36(27,39)30(43)18-35(26,4)37(32,46-33)31(44)19-41;/h5-15,20,26-27,29-30,32-33,40-41,43H,16-19H2,1-4H3;1H4/t26-,27-,29-,30-,32+,33-,34-,35-,36-,37+;/m0./s1. The highest BCUT2D eigenvalue weighted by Gasteiger charge is 2.80. The minimum Gasteiger partial charge on any atom is -0.390 e. The molecule has 2 aromatic carbocycles. The zero-order chi connectivity index (χ0) is 33.5. The maximum absolute atomic E-state index is 17.6. The van der Waals surface area contributed by atoms with Crippen molar-refractivity contribution < 1.29 is 38.1 Å². The van der Waals surface area contributed by atoms with Gasteiger partial charge in [-0.15, -0.1) is 0 Å². The van der Waals surface area contributed by atoms with Crippen molar-refractivity contribution in [2.24, 2.45) is 22.7 Å². The van der Waals surface area contributed by atoms with Crippen LogP contribution in [0.5, 0.6) is 0 Å². The van der Waals surface area contributed by atoms with E-state index in [0.717, 1.165) is 21.6 Å². The molecule has 0 unspecified atom stereocenters. The van der Waals surface area contributed by atoms with Crippen LogP contribution in [0.4, 0.5) is 14.5 Å². The molecule has 3 N–H and O–H groups in total. The third-order valence-corrected chi connectivity index (χ3v) is 12.6. The van der Waals surface area contributed by atoms with Gasteiger partial charge in [0.05, 0.1) is 12.2 Å². The first-order valence-corrected chi connectivity index (χ1v) is 17.2. The van der Waals surface area contributed by atoms with Crippen LogP contribution in [0, 0.1) is 22.7 Å². The molecule has 10 heteroatoms. The Hall–Kier alpha value is -2.89. The molecule has 0 aromatic heterocycles. The van der Waals surface area contributed by atoms with Crippen molar-refractivity contribution in [3.8, 4) is 0 Å². The van der Waals surface area contributed by atoms with Crippen molar-refractivity contribution in [3.63, 3.8) is 0 Å². The van der Waals surface area contributed by atoms with Gasteiger partial charge in [0.25, 0.3) is 0 Å². The van der Waals surface area contributed by atoms with Gasteiger partial charge < -0.3 is 25.0 Å². The first-order chi connectivity index (χ1) is 22.3. The maximum atomic E-state index is 17.6. The van der Waals surface area contributed by atoms with Crippen molar-refractivity contribution in [1.82, 2.24) is 0 Å². The molecule has 1 aliphatic heterocycles. The molecule has 258 valence electrons. The second-order valence-corrected chi connectivity index (χ2v) is 15.6. The number of aliphatic hydroxyl groups is 2. The summed E-state index contributed by atoms with van der Waals surface area (Å²) in [6.45, 7) is 6.68. The molecule has 1 heterocycles. The number of halogens is 2. The quantitative estimate of drug-likeness (QED) is 0.289. The number of aliphatic hydroxyl groups excluding tert-OH is 2. The predicted octanol–water partition coefficient (Wildman–Crippen LogP) is 6.94. The topological polar surface area (TPSA) is 105 Å². The van der Waals surface area contributed by atoms with E-state index >= 15 is 8.78 Å². The largest absolute Gasteiger partial charge is 0.390 e. The molecule has 5 aliphatic rings. The van der Waals surface area contributed by atoms with Gasteiger partial charge in [-0.3, -0.25) is 9.59 Å². The van der Waals surface area contributed by atoms with Crippen LogP contribution in [0.25, 0.3) is 0 Å². The Morgan fingerprint density at radius 3 is 2.52 bits per heavy atom. The van der Waals surface area contributed by atoms with Crippen molar-refractivity contribution in [2.75, 3.05) is 11.9 Å². The van der Waals surface area contributed by atoms with E-state index in [9.17, 15) is 19.8 Å². The van der Waals surface area contributed by atoms with Gasteiger partial charge in [-0.2, -0.15) is 0 Å². The fraction of sp³-hybridized carbons (Fsp3) is 0.526. The molecule has 0 radical (unpaired) electrons. The number of hydrogen-bond donors (Lipinski definition) is 3. The number of benzene rings is 2. The minimum absolute atomic E-state index is 0. The summed E-state index contributed by atoms with van der Waals surface area (Å²) in [5, 5.41) is 25.3. The number of nitrogens with one attached hydrogen (secondary N) is 1. The maximum Gasteiger partial charge on any atom is 0.193 e. The van der Waals surface area contributed by atoms with Crippen LogP contribution in [0.1, 0.15) is 66.2 Å². The normalized spacial score (nSPS) is 39.5. The number of ketones is 2. The lowest BCUT2D eigenvalue weighted by atomic mass is 9.44. The van der Waals surface area contributed by atoms with Gasteiger partial charge in [0, 0.05) is 43.8 Å². The molecule has 0 bridgehead atoms. The van der Waals surface area contributed by atoms with Gasteiger partial charge in [0.2, 0.25) is 0 Å². The average Bonchev–Trinajstić information content (AvgIpc) is 3.53. The third-order valence-electron chi connectivity index (χ3n) is 11.6. The van der Waals surface area contributed by atoms with Crippen LogP contribution >= 0.6 is 11.8 Å². The first-order valence-electron chi connectivity index (χ1n) is 16.3. The number of carbonyl (C=O) groups excluding carboxylic acids is 2. The van der Waals surface area contributed by atoms with E-state index < -0.39 is 76.8 Å². The highest BCUT2D eigenvalue weighted by molar-refractivity contribution is 7.99. The molecule has 0 spiro atoms. The Labute approximate surface area is 285 Å². The summed E-state index contributed by atoms with van der Waals surface area (Å²) in [6.07, 6.45) is -1.38. The van der Waals surface area contributed by atoms with Gasteiger partial charge in [0.1, 0.15) is 12.8 Å². The summed E-state index contributed by atoms with van der Waals surface area (Å²) in [5.74, 6) is -2.60. The Kier molecular flexibility index (Phi) is 8.85. The molecule has 1 saturated heterocycles. The molecule has 10 atom stereocenters. The molecule has 4 fully saturated rings. The number of ether oxygens (including phenoxy) is 2. The molecule has 2 aromatic rings. The van der Waals surface area contributed by atoms with Crippen LogP contribution in [-0.4, -0.2) is 64.1 Å². The number of hydrogen-bond acceptors (Lipinski definition) is 8. The zero-order valence-electron chi connectivity index (χ0n) is 26.9. The van der Waals surface area contributed by atoms with E-state index in [0.29, 0.717) is 11.6 Å². The summed E-state index contributed by atoms with van der Waals surface area (Å²) >= 11 is 1.61. The Balaban J connectivity index is 0.00000401. The molecular weight excluding hydrogens is 636 g/mol. The Morgan fingerprint density at radius 2 is 1.83 bits per heavy atom. The predicted molar refractivity (Wildman–Crippen MR) is 180 cm³/mol. The number of fused-ring (bicyclic) bond motifs is 7. The molecule has 0 amide bonds. The van der Waals surface area contributed by atoms with Gasteiger partial charge in [-0.25, -0.2) is 8.78 Å². The SMILES string of the molecule is C.CC(C)Nc1cccc(Sc2ccc([C@H]3O[C@@H]4C[C@H]5[C@@H]6C[C@H](F)C7=CC(=O)C=C[C@]7(C)[C@@]6(F)[C@@H](O)C[C@]5(C)[C@]4(C(=O)CO)O3)cc2)c1. The molecular formula is C38H45F2NO6S. The van der Waals surface area contributed by atoms with Crippen LogP contribution in [0.2, 0.25) is 0 Å². The van der Waals surface area contributed by atoms with E-state index in [1.807, 2.05) is 42.5 Å². The molecule has 3 saturated carbocycles. The number of carbonyl (C=O) groups is 2. The second-order valence-electron chi connectivity index (χ2n) is 14.5. The lowest BCUT2D eigenvalue weighted by molar-refractivity contribution is -0.235. The lowest BCUT2D eigenvalue weighted by Gasteiger charge is -2.63. The van der Waals surface area contributed by atoms with Gasteiger partial charge >= 0.3 is 0 Å². The molecule has 48 heavy (non-hydrogen) atoms. The fourth-order valence-electron chi connectivity index (χ4n) is 9.53. The third kappa shape index (κ3) is 4.88. The number of Topliss-reactive ketones (excluding diaryl/α,β-unsaturated/α-hetero) is 1. The van der Waals surface area contributed by atoms with Crippen LogP contribution in [0.3, 0.4) is 0 Å². The van der Waals surface area contributed by atoms with Crippen LogP contribution in [-0.2, 0) is 19.1 Å². The van der Waals surface area contributed by atoms with Crippen molar-refractivity contribution in [3.05, 3.63) is 77.9 Å². The van der Waals surface area contributed by atoms with E-state index in [1.54, 1.807) is 25.6 Å².